The summed E-state index contributed by atoms with van der Waals surface area (Å²) in [5, 5.41) is 8.77. The lowest BCUT2D eigenvalue weighted by atomic mass is 10.3. The second-order valence-corrected chi connectivity index (χ2v) is 2.90. The van der Waals surface area contributed by atoms with E-state index in [1.807, 2.05) is 33.0 Å². The lowest BCUT2D eigenvalue weighted by Crippen LogP contribution is -1.97. The Morgan fingerprint density at radius 3 is 2.67 bits per heavy atom. The number of aryl methyl sites for hydroxylation is 1. The van der Waals surface area contributed by atoms with E-state index in [0.717, 1.165) is 5.56 Å². The Labute approximate surface area is 88.2 Å². The maximum Gasteiger partial charge on any atom is 0.356 e. The maximum absolute atomic E-state index is 10.7. The monoisotopic (exact) mass is 206 g/mol. The summed E-state index contributed by atoms with van der Waals surface area (Å²) in [6.45, 7) is 5.94. The summed E-state index contributed by atoms with van der Waals surface area (Å²) in [6.07, 6.45) is 3.35. The number of hydrogen-bond donors (Lipinski definition) is 1. The van der Waals surface area contributed by atoms with Crippen molar-refractivity contribution in [3.8, 4) is 0 Å². The number of carbonyl (C=O) groups is 1. The molecule has 4 nitrogen and oxygen atoms in total. The number of nitrogens with zero attached hydrogens (tertiary/aromatic N) is 2. The van der Waals surface area contributed by atoms with Crippen LogP contribution in [0.2, 0.25) is 0 Å². The average molecular weight is 206 g/mol. The molecule has 2 aromatic rings. The van der Waals surface area contributed by atoms with Gasteiger partial charge in [0, 0.05) is 6.20 Å². The van der Waals surface area contributed by atoms with Gasteiger partial charge in [-0.1, -0.05) is 19.9 Å². The summed E-state index contributed by atoms with van der Waals surface area (Å²) in [5.41, 5.74) is 1.79. The fourth-order valence-corrected chi connectivity index (χ4v) is 1.28. The van der Waals surface area contributed by atoms with Gasteiger partial charge in [0.15, 0.2) is 5.69 Å². The first kappa shape index (κ1) is 11.2. The zero-order valence-electron chi connectivity index (χ0n) is 9.06. The van der Waals surface area contributed by atoms with Crippen LogP contribution < -0.4 is 0 Å². The summed E-state index contributed by atoms with van der Waals surface area (Å²) >= 11 is 0. The third-order valence-electron chi connectivity index (χ3n) is 1.88. The van der Waals surface area contributed by atoms with E-state index in [-0.39, 0.29) is 5.69 Å². The normalized spacial score (nSPS) is 9.53. The molecule has 2 rings (SSSR count). The van der Waals surface area contributed by atoms with E-state index < -0.39 is 5.97 Å². The molecular formula is C11H14N2O2. The van der Waals surface area contributed by atoms with Crippen molar-refractivity contribution in [2.75, 3.05) is 0 Å². The molecule has 0 saturated heterocycles. The largest absolute Gasteiger partial charge is 0.476 e. The van der Waals surface area contributed by atoms with E-state index in [4.69, 9.17) is 5.11 Å². The molecule has 2 heterocycles. The molecule has 0 spiro atoms. The number of hydrogen-bond acceptors (Lipinski definition) is 2. The number of fused-ring (bicyclic) bond motifs is 1. The first-order valence-electron chi connectivity index (χ1n) is 4.85. The van der Waals surface area contributed by atoms with Crippen molar-refractivity contribution in [3.63, 3.8) is 0 Å². The SMILES string of the molecule is CC.Cc1ccc2c(C(=O)O)ncn2c1. The molecule has 0 unspecified atom stereocenters. The summed E-state index contributed by atoms with van der Waals surface area (Å²) in [7, 11) is 0. The van der Waals surface area contributed by atoms with Crippen molar-refractivity contribution < 1.29 is 9.90 Å². The topological polar surface area (TPSA) is 54.6 Å². The van der Waals surface area contributed by atoms with Crippen LogP contribution in [-0.2, 0) is 0 Å². The molecule has 0 aromatic carbocycles. The van der Waals surface area contributed by atoms with E-state index in [1.165, 1.54) is 6.33 Å². The predicted molar refractivity (Wildman–Crippen MR) is 58.2 cm³/mol. The lowest BCUT2D eigenvalue weighted by Gasteiger charge is -1.95. The zero-order chi connectivity index (χ0) is 11.4. The highest BCUT2D eigenvalue weighted by molar-refractivity contribution is 5.93. The van der Waals surface area contributed by atoms with E-state index >= 15 is 0 Å². The van der Waals surface area contributed by atoms with Gasteiger partial charge in [0.05, 0.1) is 5.52 Å². The summed E-state index contributed by atoms with van der Waals surface area (Å²) < 4.78 is 1.71. The highest BCUT2D eigenvalue weighted by Crippen LogP contribution is 2.10. The van der Waals surface area contributed by atoms with Crippen molar-refractivity contribution >= 4 is 11.5 Å². The molecule has 80 valence electrons. The average Bonchev–Trinajstić information content (AvgIpc) is 2.63. The van der Waals surface area contributed by atoms with E-state index in [0.29, 0.717) is 5.52 Å². The second-order valence-electron chi connectivity index (χ2n) is 2.90. The van der Waals surface area contributed by atoms with Gasteiger partial charge in [0.2, 0.25) is 0 Å². The fraction of sp³-hybridized carbons (Fsp3) is 0.273. The van der Waals surface area contributed by atoms with Gasteiger partial charge in [-0.15, -0.1) is 0 Å². The van der Waals surface area contributed by atoms with Gasteiger partial charge in [-0.3, -0.25) is 0 Å². The van der Waals surface area contributed by atoms with Crippen molar-refractivity contribution in [2.45, 2.75) is 20.8 Å². The van der Waals surface area contributed by atoms with Gasteiger partial charge in [0.1, 0.15) is 6.33 Å². The quantitative estimate of drug-likeness (QED) is 0.779. The zero-order valence-corrected chi connectivity index (χ0v) is 9.06. The summed E-state index contributed by atoms with van der Waals surface area (Å²) in [6, 6.07) is 3.62. The summed E-state index contributed by atoms with van der Waals surface area (Å²) in [4.78, 5) is 14.5. The number of aromatic carboxylic acids is 1. The Morgan fingerprint density at radius 2 is 2.07 bits per heavy atom. The molecule has 0 fully saturated rings. The van der Waals surface area contributed by atoms with Crippen molar-refractivity contribution in [3.05, 3.63) is 35.9 Å². The minimum atomic E-state index is -0.994. The van der Waals surface area contributed by atoms with Crippen LogP contribution in [-0.4, -0.2) is 20.5 Å². The molecule has 0 bridgehead atoms. The van der Waals surface area contributed by atoms with Crippen LogP contribution >= 0.6 is 0 Å². The first-order valence-corrected chi connectivity index (χ1v) is 4.85. The summed E-state index contributed by atoms with van der Waals surface area (Å²) in [5.74, 6) is -0.994. The Bertz CT molecular complexity index is 474. The highest BCUT2D eigenvalue weighted by atomic mass is 16.4. The molecule has 0 radical (unpaired) electrons. The Balaban J connectivity index is 0.000000531. The molecule has 2 aromatic heterocycles. The Kier molecular flexibility index (Phi) is 3.44. The smallest absolute Gasteiger partial charge is 0.356 e. The Morgan fingerprint density at radius 1 is 1.40 bits per heavy atom. The van der Waals surface area contributed by atoms with Crippen LogP contribution in [0.4, 0.5) is 0 Å². The molecule has 1 N–H and O–H groups in total. The van der Waals surface area contributed by atoms with Crippen LogP contribution in [0.1, 0.15) is 29.9 Å². The molecule has 0 atom stereocenters. The van der Waals surface area contributed by atoms with Gasteiger partial charge in [0.25, 0.3) is 0 Å². The van der Waals surface area contributed by atoms with Gasteiger partial charge < -0.3 is 9.51 Å². The highest BCUT2D eigenvalue weighted by Gasteiger charge is 2.10. The van der Waals surface area contributed by atoms with E-state index in [2.05, 4.69) is 4.98 Å². The molecule has 0 saturated carbocycles. The molecule has 0 amide bonds. The maximum atomic E-state index is 10.7. The van der Waals surface area contributed by atoms with Gasteiger partial charge in [-0.25, -0.2) is 9.78 Å². The van der Waals surface area contributed by atoms with Gasteiger partial charge in [-0.05, 0) is 18.6 Å². The fourth-order valence-electron chi connectivity index (χ4n) is 1.28. The number of pyridine rings is 1. The van der Waals surface area contributed by atoms with Crippen molar-refractivity contribution in [2.24, 2.45) is 0 Å². The van der Waals surface area contributed by atoms with Crippen LogP contribution in [0.25, 0.3) is 5.52 Å². The number of aromatic nitrogens is 2. The van der Waals surface area contributed by atoms with Crippen molar-refractivity contribution in [1.82, 2.24) is 9.38 Å². The molecule has 0 aliphatic heterocycles. The number of rotatable bonds is 1. The van der Waals surface area contributed by atoms with Gasteiger partial charge >= 0.3 is 5.97 Å². The first-order chi connectivity index (χ1) is 7.18. The van der Waals surface area contributed by atoms with E-state index in [1.54, 1.807) is 10.5 Å². The minimum absolute atomic E-state index is 0.0972. The van der Waals surface area contributed by atoms with Crippen molar-refractivity contribution in [1.29, 1.82) is 0 Å². The third-order valence-corrected chi connectivity index (χ3v) is 1.88. The number of carboxylic acid groups (broad SMARTS) is 1. The van der Waals surface area contributed by atoms with Crippen LogP contribution in [0.15, 0.2) is 24.7 Å². The molecule has 0 aliphatic rings. The third kappa shape index (κ3) is 2.15. The lowest BCUT2D eigenvalue weighted by molar-refractivity contribution is 0.0693. The van der Waals surface area contributed by atoms with E-state index in [9.17, 15) is 4.79 Å². The van der Waals surface area contributed by atoms with Gasteiger partial charge in [-0.2, -0.15) is 0 Å². The van der Waals surface area contributed by atoms with Crippen LogP contribution in [0.3, 0.4) is 0 Å². The second kappa shape index (κ2) is 4.59. The number of carboxylic acids is 1. The molecule has 0 aliphatic carbocycles. The predicted octanol–water partition coefficient (Wildman–Crippen LogP) is 2.37. The van der Waals surface area contributed by atoms with Crippen LogP contribution in [0.5, 0.6) is 0 Å². The minimum Gasteiger partial charge on any atom is -0.476 e. The number of imidazole rings is 1. The Hall–Kier alpha value is -1.84. The molecular weight excluding hydrogens is 192 g/mol. The molecule has 4 heteroatoms. The standard InChI is InChI=1S/C9H8N2O2.C2H6/c1-6-2-3-7-8(9(12)13)10-5-11(7)4-6;1-2/h2-5H,1H3,(H,12,13);1-2H3. The van der Waals surface area contributed by atoms with Crippen LogP contribution in [0, 0.1) is 6.92 Å². The molecule has 15 heavy (non-hydrogen) atoms.